The minimum atomic E-state index is -0.0414. The van der Waals surface area contributed by atoms with Crippen molar-refractivity contribution in [3.63, 3.8) is 0 Å². The Balaban J connectivity index is 1.60. The fourth-order valence-electron chi connectivity index (χ4n) is 3.68. The molecule has 0 atom stereocenters. The van der Waals surface area contributed by atoms with Crippen LogP contribution in [0.5, 0.6) is 0 Å². The number of carbonyl (C=O) groups excluding carboxylic acids is 2. The molecule has 134 valence electrons. The molecule has 25 heavy (non-hydrogen) atoms. The van der Waals surface area contributed by atoms with Gasteiger partial charge in [0, 0.05) is 17.7 Å². The molecule has 1 aliphatic rings. The number of carbonyl (C=O) groups is 2. The molecule has 0 aromatic carbocycles. The summed E-state index contributed by atoms with van der Waals surface area (Å²) in [6, 6.07) is 0. The van der Waals surface area contributed by atoms with Gasteiger partial charge in [0.25, 0.3) is 0 Å². The SMILES string of the molecule is CC(=O)c1c(C)[nH]c(C(=O)CSc2n[nH]c(CC3CCCC3)n2)c1C. The second kappa shape index (κ2) is 7.56. The summed E-state index contributed by atoms with van der Waals surface area (Å²) in [4.78, 5) is 31.7. The first kappa shape index (κ1) is 17.9. The van der Waals surface area contributed by atoms with Gasteiger partial charge in [0.15, 0.2) is 11.6 Å². The predicted octanol–water partition coefficient (Wildman–Crippen LogP) is 3.66. The van der Waals surface area contributed by atoms with Gasteiger partial charge in [-0.2, -0.15) is 0 Å². The number of aryl methyl sites for hydroxylation is 1. The Morgan fingerprint density at radius 2 is 1.96 bits per heavy atom. The first-order valence-corrected chi connectivity index (χ1v) is 9.71. The van der Waals surface area contributed by atoms with Gasteiger partial charge < -0.3 is 4.98 Å². The van der Waals surface area contributed by atoms with Gasteiger partial charge in [-0.1, -0.05) is 37.4 Å². The van der Waals surface area contributed by atoms with Crippen LogP contribution in [0.1, 0.15) is 70.5 Å². The highest BCUT2D eigenvalue weighted by molar-refractivity contribution is 7.99. The van der Waals surface area contributed by atoms with E-state index in [0.717, 1.165) is 23.5 Å². The minimum Gasteiger partial charge on any atom is -0.355 e. The molecule has 2 aromatic rings. The Morgan fingerprint density at radius 3 is 2.60 bits per heavy atom. The average Bonchev–Trinajstić information content (AvgIpc) is 3.27. The molecule has 2 heterocycles. The zero-order chi connectivity index (χ0) is 18.0. The van der Waals surface area contributed by atoms with Crippen molar-refractivity contribution in [2.24, 2.45) is 5.92 Å². The van der Waals surface area contributed by atoms with Crippen molar-refractivity contribution in [1.29, 1.82) is 0 Å². The number of Topliss-reactive ketones (excluding diaryl/α,β-unsaturated/α-hetero) is 2. The second-order valence-corrected chi connectivity index (χ2v) is 7.75. The molecule has 3 rings (SSSR count). The highest BCUT2D eigenvalue weighted by atomic mass is 32.2. The lowest BCUT2D eigenvalue weighted by molar-refractivity contribution is 0.101. The van der Waals surface area contributed by atoms with E-state index in [2.05, 4.69) is 20.2 Å². The van der Waals surface area contributed by atoms with Crippen molar-refractivity contribution in [2.45, 2.75) is 58.0 Å². The van der Waals surface area contributed by atoms with Crippen LogP contribution in [0, 0.1) is 19.8 Å². The van der Waals surface area contributed by atoms with Crippen molar-refractivity contribution in [3.8, 4) is 0 Å². The number of aromatic amines is 2. The molecule has 7 heteroatoms. The minimum absolute atomic E-state index is 0.0246. The van der Waals surface area contributed by atoms with Crippen LogP contribution in [-0.2, 0) is 6.42 Å². The Morgan fingerprint density at radius 1 is 1.24 bits per heavy atom. The highest BCUT2D eigenvalue weighted by Gasteiger charge is 2.21. The number of thioether (sulfide) groups is 1. The summed E-state index contributed by atoms with van der Waals surface area (Å²) >= 11 is 1.33. The third-order valence-corrected chi connectivity index (χ3v) is 5.72. The van der Waals surface area contributed by atoms with E-state index in [1.165, 1.54) is 44.4 Å². The van der Waals surface area contributed by atoms with Crippen molar-refractivity contribution in [2.75, 3.05) is 5.75 Å². The van der Waals surface area contributed by atoms with Gasteiger partial charge in [-0.05, 0) is 32.3 Å². The van der Waals surface area contributed by atoms with Gasteiger partial charge in [-0.3, -0.25) is 14.7 Å². The lowest BCUT2D eigenvalue weighted by Crippen LogP contribution is -2.06. The average molecular weight is 360 g/mol. The van der Waals surface area contributed by atoms with E-state index in [9.17, 15) is 9.59 Å². The maximum atomic E-state index is 12.5. The number of H-pyrrole nitrogens is 2. The molecule has 6 nitrogen and oxygen atoms in total. The van der Waals surface area contributed by atoms with E-state index in [4.69, 9.17) is 0 Å². The number of ketones is 2. The lowest BCUT2D eigenvalue weighted by Gasteiger charge is -2.04. The fraction of sp³-hybridized carbons (Fsp3) is 0.556. The molecule has 0 amide bonds. The molecule has 0 radical (unpaired) electrons. The Labute approximate surface area is 151 Å². The molecule has 0 saturated heterocycles. The van der Waals surface area contributed by atoms with Crippen LogP contribution in [0.25, 0.3) is 0 Å². The van der Waals surface area contributed by atoms with E-state index in [1.807, 2.05) is 13.8 Å². The highest BCUT2D eigenvalue weighted by Crippen LogP contribution is 2.27. The van der Waals surface area contributed by atoms with Crippen LogP contribution in [0.15, 0.2) is 5.16 Å². The summed E-state index contributed by atoms with van der Waals surface area (Å²) in [5, 5.41) is 7.80. The van der Waals surface area contributed by atoms with Crippen molar-refractivity contribution >= 4 is 23.3 Å². The Bertz CT molecular complexity index is 787. The number of hydrogen-bond donors (Lipinski definition) is 2. The van der Waals surface area contributed by atoms with Crippen LogP contribution in [-0.4, -0.2) is 37.5 Å². The largest absolute Gasteiger partial charge is 0.355 e. The van der Waals surface area contributed by atoms with Gasteiger partial charge in [0.1, 0.15) is 5.82 Å². The van der Waals surface area contributed by atoms with E-state index < -0.39 is 0 Å². The van der Waals surface area contributed by atoms with E-state index in [-0.39, 0.29) is 17.3 Å². The van der Waals surface area contributed by atoms with E-state index in [0.29, 0.717) is 22.3 Å². The molecule has 0 spiro atoms. The van der Waals surface area contributed by atoms with Crippen LogP contribution < -0.4 is 0 Å². The van der Waals surface area contributed by atoms with Crippen LogP contribution >= 0.6 is 11.8 Å². The maximum Gasteiger partial charge on any atom is 0.208 e. The molecular formula is C18H24N4O2S. The smallest absolute Gasteiger partial charge is 0.208 e. The molecular weight excluding hydrogens is 336 g/mol. The van der Waals surface area contributed by atoms with Crippen molar-refractivity contribution in [1.82, 2.24) is 20.2 Å². The first-order chi connectivity index (χ1) is 12.0. The molecule has 1 aliphatic carbocycles. The van der Waals surface area contributed by atoms with Crippen LogP contribution in [0.3, 0.4) is 0 Å². The number of rotatable bonds is 7. The normalized spacial score (nSPS) is 15.0. The predicted molar refractivity (Wildman–Crippen MR) is 97.4 cm³/mol. The summed E-state index contributed by atoms with van der Waals surface area (Å²) in [5.41, 5.74) is 2.60. The lowest BCUT2D eigenvalue weighted by atomic mass is 10.0. The summed E-state index contributed by atoms with van der Waals surface area (Å²) in [6.07, 6.45) is 6.10. The summed E-state index contributed by atoms with van der Waals surface area (Å²) < 4.78 is 0. The monoisotopic (exact) mass is 360 g/mol. The molecule has 0 unspecified atom stereocenters. The maximum absolute atomic E-state index is 12.5. The quantitative estimate of drug-likeness (QED) is 0.581. The number of nitrogens with one attached hydrogen (secondary N) is 2. The number of hydrogen-bond acceptors (Lipinski definition) is 5. The summed E-state index contributed by atoms with van der Waals surface area (Å²) in [7, 11) is 0. The van der Waals surface area contributed by atoms with Gasteiger partial charge in [-0.25, -0.2) is 4.98 Å². The molecule has 2 N–H and O–H groups in total. The summed E-state index contributed by atoms with van der Waals surface area (Å²) in [6.45, 7) is 5.15. The van der Waals surface area contributed by atoms with Gasteiger partial charge in [0.2, 0.25) is 5.16 Å². The van der Waals surface area contributed by atoms with Crippen LogP contribution in [0.2, 0.25) is 0 Å². The molecule has 1 fully saturated rings. The standard InChI is InChI=1S/C18H24N4O2S/c1-10-16(12(3)23)11(2)19-17(10)14(24)9-25-18-20-15(21-22-18)8-13-6-4-5-7-13/h13,19H,4-9H2,1-3H3,(H,20,21,22). The second-order valence-electron chi connectivity index (χ2n) is 6.81. The van der Waals surface area contributed by atoms with E-state index >= 15 is 0 Å². The molecule has 2 aromatic heterocycles. The number of nitrogens with zero attached hydrogens (tertiary/aromatic N) is 2. The third kappa shape index (κ3) is 4.03. The van der Waals surface area contributed by atoms with Crippen molar-refractivity contribution in [3.05, 3.63) is 28.3 Å². The van der Waals surface area contributed by atoms with Crippen molar-refractivity contribution < 1.29 is 9.59 Å². The first-order valence-electron chi connectivity index (χ1n) is 8.73. The van der Waals surface area contributed by atoms with Gasteiger partial charge in [0.05, 0.1) is 11.4 Å². The fourth-order valence-corrected chi connectivity index (χ4v) is 4.37. The zero-order valence-corrected chi connectivity index (χ0v) is 15.8. The zero-order valence-electron chi connectivity index (χ0n) is 14.9. The molecule has 1 saturated carbocycles. The van der Waals surface area contributed by atoms with Gasteiger partial charge >= 0.3 is 0 Å². The topological polar surface area (TPSA) is 91.5 Å². The Kier molecular flexibility index (Phi) is 5.42. The van der Waals surface area contributed by atoms with Gasteiger partial charge in [-0.15, -0.1) is 5.10 Å². The summed E-state index contributed by atoms with van der Waals surface area (Å²) in [5.74, 6) is 1.80. The molecule has 0 aliphatic heterocycles. The van der Waals surface area contributed by atoms with Crippen LogP contribution in [0.4, 0.5) is 0 Å². The number of aromatic nitrogens is 4. The molecule has 0 bridgehead atoms. The van der Waals surface area contributed by atoms with E-state index in [1.54, 1.807) is 0 Å². The Hall–Kier alpha value is -1.89. The third-order valence-electron chi connectivity index (χ3n) is 4.87.